The Kier molecular flexibility index (Phi) is 5.07. The summed E-state index contributed by atoms with van der Waals surface area (Å²) in [5.74, 6) is 1.21. The molecule has 116 valence electrons. The molecule has 1 unspecified atom stereocenters. The smallest absolute Gasteiger partial charge is 0.329 e. The minimum atomic E-state index is -1.05. The highest BCUT2D eigenvalue weighted by molar-refractivity contribution is 5.81. The van der Waals surface area contributed by atoms with E-state index < -0.39 is 11.5 Å². The molecule has 1 saturated carbocycles. The van der Waals surface area contributed by atoms with Gasteiger partial charge in [-0.05, 0) is 49.4 Å². The van der Waals surface area contributed by atoms with Gasteiger partial charge in [-0.25, -0.2) is 4.79 Å². The van der Waals surface area contributed by atoms with Gasteiger partial charge in [-0.2, -0.15) is 0 Å². The second-order valence-corrected chi connectivity index (χ2v) is 5.41. The second kappa shape index (κ2) is 6.80. The standard InChI is InChI=1S/C16H23NO4/c1-3-10-20-13-6-8-14(9-7-13)21-11-16(17,12-4-5-12)15(18)19-2/h6-9,12H,3-5,10-11,17H2,1-2H3. The molecule has 21 heavy (non-hydrogen) atoms. The molecule has 0 amide bonds. The Hall–Kier alpha value is -1.75. The van der Waals surface area contributed by atoms with Crippen LogP contribution in [0.4, 0.5) is 0 Å². The molecule has 0 spiro atoms. The quantitative estimate of drug-likeness (QED) is 0.744. The third-order valence-electron chi connectivity index (χ3n) is 3.65. The Balaban J connectivity index is 1.93. The summed E-state index contributed by atoms with van der Waals surface area (Å²) in [6, 6.07) is 7.32. The van der Waals surface area contributed by atoms with Gasteiger partial charge in [0, 0.05) is 0 Å². The van der Waals surface area contributed by atoms with Crippen molar-refractivity contribution in [2.24, 2.45) is 11.7 Å². The maximum atomic E-state index is 11.9. The third kappa shape index (κ3) is 3.88. The van der Waals surface area contributed by atoms with Crippen molar-refractivity contribution >= 4 is 5.97 Å². The van der Waals surface area contributed by atoms with Gasteiger partial charge in [0.2, 0.25) is 0 Å². The Morgan fingerprint density at radius 1 is 1.24 bits per heavy atom. The van der Waals surface area contributed by atoms with E-state index in [9.17, 15) is 4.79 Å². The highest BCUT2D eigenvalue weighted by Gasteiger charge is 2.49. The SMILES string of the molecule is CCCOc1ccc(OCC(N)(C(=O)OC)C2CC2)cc1. The molecule has 0 radical (unpaired) electrons. The van der Waals surface area contributed by atoms with Gasteiger partial charge in [-0.1, -0.05) is 6.92 Å². The van der Waals surface area contributed by atoms with Crippen LogP contribution in [0.3, 0.4) is 0 Å². The first kappa shape index (κ1) is 15.6. The van der Waals surface area contributed by atoms with Crippen LogP contribution >= 0.6 is 0 Å². The number of carbonyl (C=O) groups excluding carboxylic acids is 1. The average Bonchev–Trinajstić information content (AvgIpc) is 3.36. The number of esters is 1. The van der Waals surface area contributed by atoms with E-state index in [2.05, 4.69) is 6.92 Å². The van der Waals surface area contributed by atoms with Crippen molar-refractivity contribution in [3.05, 3.63) is 24.3 Å². The maximum Gasteiger partial charge on any atom is 0.329 e. The van der Waals surface area contributed by atoms with Crippen LogP contribution in [-0.2, 0) is 9.53 Å². The van der Waals surface area contributed by atoms with E-state index in [1.54, 1.807) is 0 Å². The molecule has 1 aliphatic carbocycles. The summed E-state index contributed by atoms with van der Waals surface area (Å²) in [6.07, 6.45) is 2.85. The minimum Gasteiger partial charge on any atom is -0.494 e. The van der Waals surface area contributed by atoms with E-state index >= 15 is 0 Å². The van der Waals surface area contributed by atoms with Gasteiger partial charge in [-0.15, -0.1) is 0 Å². The monoisotopic (exact) mass is 293 g/mol. The van der Waals surface area contributed by atoms with Gasteiger partial charge in [0.25, 0.3) is 0 Å². The Labute approximate surface area is 125 Å². The summed E-state index contributed by atoms with van der Waals surface area (Å²) < 4.78 is 16.0. The lowest BCUT2D eigenvalue weighted by Crippen LogP contribution is -2.55. The predicted molar refractivity (Wildman–Crippen MR) is 79.4 cm³/mol. The van der Waals surface area contributed by atoms with E-state index in [4.69, 9.17) is 19.9 Å². The number of hydrogen-bond acceptors (Lipinski definition) is 5. The lowest BCUT2D eigenvalue weighted by atomic mass is 9.96. The lowest BCUT2D eigenvalue weighted by molar-refractivity contribution is -0.149. The molecule has 5 nitrogen and oxygen atoms in total. The zero-order valence-electron chi connectivity index (χ0n) is 12.6. The van der Waals surface area contributed by atoms with Crippen molar-refractivity contribution in [1.29, 1.82) is 0 Å². The Morgan fingerprint density at radius 2 is 1.81 bits per heavy atom. The first-order valence-electron chi connectivity index (χ1n) is 7.33. The number of nitrogens with two attached hydrogens (primary N) is 1. The summed E-state index contributed by atoms with van der Waals surface area (Å²) in [5, 5.41) is 0. The Morgan fingerprint density at radius 3 is 2.29 bits per heavy atom. The zero-order chi connectivity index (χ0) is 15.3. The van der Waals surface area contributed by atoms with Gasteiger partial charge in [-0.3, -0.25) is 0 Å². The van der Waals surface area contributed by atoms with Crippen LogP contribution < -0.4 is 15.2 Å². The fraction of sp³-hybridized carbons (Fsp3) is 0.562. The first-order valence-corrected chi connectivity index (χ1v) is 7.33. The van der Waals surface area contributed by atoms with E-state index in [0.29, 0.717) is 12.4 Å². The Bertz CT molecular complexity index is 470. The first-order chi connectivity index (χ1) is 10.1. The van der Waals surface area contributed by atoms with Crippen LogP contribution in [0.1, 0.15) is 26.2 Å². The fourth-order valence-corrected chi connectivity index (χ4v) is 2.19. The molecule has 0 bridgehead atoms. The molecule has 1 atom stereocenters. The largest absolute Gasteiger partial charge is 0.494 e. The summed E-state index contributed by atoms with van der Waals surface area (Å²) in [7, 11) is 1.35. The summed E-state index contributed by atoms with van der Waals surface area (Å²) >= 11 is 0. The molecule has 1 aromatic rings. The third-order valence-corrected chi connectivity index (χ3v) is 3.65. The maximum absolute atomic E-state index is 11.9. The van der Waals surface area contributed by atoms with Gasteiger partial charge < -0.3 is 19.9 Å². The van der Waals surface area contributed by atoms with Crippen molar-refractivity contribution in [3.8, 4) is 11.5 Å². The fourth-order valence-electron chi connectivity index (χ4n) is 2.19. The van der Waals surface area contributed by atoms with Crippen molar-refractivity contribution in [1.82, 2.24) is 0 Å². The van der Waals surface area contributed by atoms with Crippen molar-refractivity contribution in [2.75, 3.05) is 20.3 Å². The van der Waals surface area contributed by atoms with Crippen molar-refractivity contribution in [3.63, 3.8) is 0 Å². The molecular weight excluding hydrogens is 270 g/mol. The highest BCUT2D eigenvalue weighted by Crippen LogP contribution is 2.39. The molecule has 2 rings (SSSR count). The van der Waals surface area contributed by atoms with Crippen LogP contribution in [0.25, 0.3) is 0 Å². The van der Waals surface area contributed by atoms with Gasteiger partial charge in [0.05, 0.1) is 13.7 Å². The molecule has 0 saturated heterocycles. The summed E-state index contributed by atoms with van der Waals surface area (Å²) in [4.78, 5) is 11.9. The molecule has 0 aromatic heterocycles. The van der Waals surface area contributed by atoms with Gasteiger partial charge in [0.15, 0.2) is 5.54 Å². The van der Waals surface area contributed by atoms with Crippen LogP contribution in [0, 0.1) is 5.92 Å². The minimum absolute atomic E-state index is 0.125. The lowest BCUT2D eigenvalue weighted by Gasteiger charge is -2.26. The van der Waals surface area contributed by atoms with Crippen LogP contribution in [0.15, 0.2) is 24.3 Å². The van der Waals surface area contributed by atoms with Crippen molar-refractivity contribution < 1.29 is 19.0 Å². The van der Waals surface area contributed by atoms with Gasteiger partial charge >= 0.3 is 5.97 Å². The normalized spacial score (nSPS) is 16.9. The molecular formula is C16H23NO4. The van der Waals surface area contributed by atoms with Crippen LogP contribution in [0.5, 0.6) is 11.5 Å². The second-order valence-electron chi connectivity index (χ2n) is 5.41. The molecule has 5 heteroatoms. The highest BCUT2D eigenvalue weighted by atomic mass is 16.5. The molecule has 0 heterocycles. The molecule has 2 N–H and O–H groups in total. The number of ether oxygens (including phenoxy) is 3. The predicted octanol–water partition coefficient (Wildman–Crippen LogP) is 2.13. The van der Waals surface area contributed by atoms with Crippen molar-refractivity contribution in [2.45, 2.75) is 31.7 Å². The number of methoxy groups -OCH3 is 1. The summed E-state index contributed by atoms with van der Waals surface area (Å²) in [6.45, 7) is 2.87. The van der Waals surface area contributed by atoms with E-state index in [1.165, 1.54) is 7.11 Å². The van der Waals surface area contributed by atoms with E-state index in [1.807, 2.05) is 24.3 Å². The molecule has 1 aromatic carbocycles. The summed E-state index contributed by atoms with van der Waals surface area (Å²) in [5.41, 5.74) is 5.13. The average molecular weight is 293 g/mol. The number of rotatable bonds is 8. The zero-order valence-corrected chi connectivity index (χ0v) is 12.6. The van der Waals surface area contributed by atoms with E-state index in [-0.39, 0.29) is 12.5 Å². The number of hydrogen-bond donors (Lipinski definition) is 1. The van der Waals surface area contributed by atoms with Crippen LogP contribution in [-0.4, -0.2) is 31.8 Å². The van der Waals surface area contributed by atoms with Gasteiger partial charge in [0.1, 0.15) is 18.1 Å². The van der Waals surface area contributed by atoms with Crippen LogP contribution in [0.2, 0.25) is 0 Å². The molecule has 1 fully saturated rings. The number of benzene rings is 1. The molecule has 1 aliphatic rings. The molecule has 0 aliphatic heterocycles. The topological polar surface area (TPSA) is 70.8 Å². The number of carbonyl (C=O) groups is 1. The van der Waals surface area contributed by atoms with E-state index in [0.717, 1.165) is 25.0 Å².